The van der Waals surface area contributed by atoms with Crippen molar-refractivity contribution in [3.63, 3.8) is 0 Å². The van der Waals surface area contributed by atoms with E-state index in [-0.39, 0.29) is 29.9 Å². The molecule has 0 atom stereocenters. The van der Waals surface area contributed by atoms with Crippen LogP contribution in [-0.4, -0.2) is 74.0 Å². The molecule has 0 saturated carbocycles. The lowest BCUT2D eigenvalue weighted by atomic mass is 10.1. The SMILES string of the molecule is CCCN1CCC(NC(=NC)NCC(=O)N2CCCCC2)CC1.I. The van der Waals surface area contributed by atoms with Crippen molar-refractivity contribution >= 4 is 35.8 Å². The van der Waals surface area contributed by atoms with Crippen LogP contribution in [0.5, 0.6) is 0 Å². The van der Waals surface area contributed by atoms with Crippen molar-refractivity contribution in [3.8, 4) is 0 Å². The lowest BCUT2D eigenvalue weighted by Gasteiger charge is -2.33. The highest BCUT2D eigenvalue weighted by Crippen LogP contribution is 2.10. The van der Waals surface area contributed by atoms with Crippen molar-refractivity contribution in [2.24, 2.45) is 4.99 Å². The van der Waals surface area contributed by atoms with Gasteiger partial charge in [0, 0.05) is 39.3 Å². The first kappa shape index (κ1) is 21.5. The monoisotopic (exact) mass is 451 g/mol. The van der Waals surface area contributed by atoms with Crippen molar-refractivity contribution < 1.29 is 4.79 Å². The van der Waals surface area contributed by atoms with E-state index < -0.39 is 0 Å². The smallest absolute Gasteiger partial charge is 0.241 e. The first-order valence-corrected chi connectivity index (χ1v) is 9.20. The van der Waals surface area contributed by atoms with Crippen LogP contribution in [0.2, 0.25) is 0 Å². The average molecular weight is 451 g/mol. The lowest BCUT2D eigenvalue weighted by molar-refractivity contribution is -0.130. The van der Waals surface area contributed by atoms with E-state index in [2.05, 4.69) is 27.4 Å². The molecule has 2 fully saturated rings. The van der Waals surface area contributed by atoms with E-state index in [0.29, 0.717) is 12.6 Å². The van der Waals surface area contributed by atoms with E-state index >= 15 is 0 Å². The van der Waals surface area contributed by atoms with Crippen molar-refractivity contribution in [2.75, 3.05) is 46.3 Å². The normalized spacial score (nSPS) is 20.4. The number of hydrogen-bond acceptors (Lipinski definition) is 3. The van der Waals surface area contributed by atoms with Gasteiger partial charge in [-0.25, -0.2) is 0 Å². The van der Waals surface area contributed by atoms with Crippen LogP contribution >= 0.6 is 24.0 Å². The van der Waals surface area contributed by atoms with Gasteiger partial charge in [-0.1, -0.05) is 6.92 Å². The molecule has 2 heterocycles. The Bertz CT molecular complexity index is 390. The summed E-state index contributed by atoms with van der Waals surface area (Å²) < 4.78 is 0. The molecule has 0 radical (unpaired) electrons. The first-order valence-electron chi connectivity index (χ1n) is 9.20. The minimum Gasteiger partial charge on any atom is -0.354 e. The van der Waals surface area contributed by atoms with Crippen molar-refractivity contribution in [1.29, 1.82) is 0 Å². The molecule has 140 valence electrons. The van der Waals surface area contributed by atoms with Gasteiger partial charge >= 0.3 is 0 Å². The van der Waals surface area contributed by atoms with Gasteiger partial charge in [-0.2, -0.15) is 0 Å². The Labute approximate surface area is 163 Å². The van der Waals surface area contributed by atoms with Gasteiger partial charge in [0.15, 0.2) is 5.96 Å². The van der Waals surface area contributed by atoms with Crippen molar-refractivity contribution in [3.05, 3.63) is 0 Å². The zero-order valence-electron chi connectivity index (χ0n) is 15.2. The van der Waals surface area contributed by atoms with Gasteiger partial charge in [0.25, 0.3) is 0 Å². The molecule has 2 aliphatic rings. The van der Waals surface area contributed by atoms with Crippen LogP contribution in [0.3, 0.4) is 0 Å². The molecular formula is C17H34IN5O. The van der Waals surface area contributed by atoms with Crippen LogP contribution in [0.25, 0.3) is 0 Å². The third kappa shape index (κ3) is 7.13. The van der Waals surface area contributed by atoms with E-state index in [1.54, 1.807) is 7.05 Å². The van der Waals surface area contributed by atoms with Crippen LogP contribution in [0.4, 0.5) is 0 Å². The number of guanidine groups is 1. The highest BCUT2D eigenvalue weighted by atomic mass is 127. The summed E-state index contributed by atoms with van der Waals surface area (Å²) in [5, 5.41) is 6.65. The Balaban J connectivity index is 0.00000288. The van der Waals surface area contributed by atoms with E-state index in [1.807, 2.05) is 4.90 Å². The zero-order chi connectivity index (χ0) is 16.5. The summed E-state index contributed by atoms with van der Waals surface area (Å²) in [5.41, 5.74) is 0. The van der Waals surface area contributed by atoms with Gasteiger partial charge in [0.1, 0.15) is 0 Å². The molecule has 0 aromatic rings. The Morgan fingerprint density at radius 1 is 1.12 bits per heavy atom. The van der Waals surface area contributed by atoms with Crippen LogP contribution in [0.15, 0.2) is 4.99 Å². The predicted octanol–water partition coefficient (Wildman–Crippen LogP) is 1.66. The summed E-state index contributed by atoms with van der Waals surface area (Å²) in [7, 11) is 1.77. The van der Waals surface area contributed by atoms with Gasteiger partial charge < -0.3 is 20.4 Å². The molecule has 2 rings (SSSR count). The Morgan fingerprint density at radius 2 is 1.79 bits per heavy atom. The largest absolute Gasteiger partial charge is 0.354 e. The maximum atomic E-state index is 12.2. The van der Waals surface area contributed by atoms with Gasteiger partial charge in [0.05, 0.1) is 6.54 Å². The second-order valence-corrected chi connectivity index (χ2v) is 6.63. The third-order valence-corrected chi connectivity index (χ3v) is 4.81. The molecule has 7 heteroatoms. The summed E-state index contributed by atoms with van der Waals surface area (Å²) in [5.74, 6) is 0.940. The van der Waals surface area contributed by atoms with Crippen LogP contribution in [-0.2, 0) is 4.79 Å². The van der Waals surface area contributed by atoms with E-state index in [9.17, 15) is 4.79 Å². The summed E-state index contributed by atoms with van der Waals surface area (Å²) in [4.78, 5) is 21.0. The molecule has 0 aromatic heterocycles. The molecule has 6 nitrogen and oxygen atoms in total. The molecule has 0 spiro atoms. The minimum atomic E-state index is 0. The summed E-state index contributed by atoms with van der Waals surface area (Å²) in [6.07, 6.45) is 7.02. The average Bonchev–Trinajstić information content (AvgIpc) is 2.60. The number of nitrogens with zero attached hydrogens (tertiary/aromatic N) is 3. The van der Waals surface area contributed by atoms with E-state index in [1.165, 1.54) is 19.4 Å². The maximum absolute atomic E-state index is 12.2. The van der Waals surface area contributed by atoms with Gasteiger partial charge in [0.2, 0.25) is 5.91 Å². The number of likely N-dealkylation sites (tertiary alicyclic amines) is 2. The molecule has 0 aliphatic carbocycles. The number of carbonyl (C=O) groups is 1. The fourth-order valence-electron chi connectivity index (χ4n) is 3.42. The summed E-state index contributed by atoms with van der Waals surface area (Å²) >= 11 is 0. The summed E-state index contributed by atoms with van der Waals surface area (Å²) in [6.45, 7) is 7.88. The quantitative estimate of drug-likeness (QED) is 0.379. The fraction of sp³-hybridized carbons (Fsp3) is 0.882. The number of piperidine rings is 2. The molecule has 2 N–H and O–H groups in total. The maximum Gasteiger partial charge on any atom is 0.241 e. The van der Waals surface area contributed by atoms with Gasteiger partial charge in [-0.15, -0.1) is 24.0 Å². The summed E-state index contributed by atoms with van der Waals surface area (Å²) in [6, 6.07) is 0.458. The molecule has 0 unspecified atom stereocenters. The lowest BCUT2D eigenvalue weighted by Crippen LogP contribution is -2.51. The number of amides is 1. The van der Waals surface area contributed by atoms with E-state index in [4.69, 9.17) is 0 Å². The Morgan fingerprint density at radius 3 is 2.38 bits per heavy atom. The predicted molar refractivity (Wildman–Crippen MR) is 110 cm³/mol. The first-order chi connectivity index (χ1) is 11.2. The second kappa shape index (κ2) is 11.9. The molecule has 2 saturated heterocycles. The van der Waals surface area contributed by atoms with E-state index in [0.717, 1.165) is 57.8 Å². The zero-order valence-corrected chi connectivity index (χ0v) is 17.6. The number of nitrogens with one attached hydrogen (secondary N) is 2. The molecule has 2 aliphatic heterocycles. The minimum absolute atomic E-state index is 0. The molecule has 1 amide bonds. The second-order valence-electron chi connectivity index (χ2n) is 6.63. The highest BCUT2D eigenvalue weighted by molar-refractivity contribution is 14.0. The standard InChI is InChI=1S/C17H33N5O.HI/c1-3-9-21-12-7-15(8-13-21)20-17(18-2)19-14-16(23)22-10-5-4-6-11-22;/h15H,3-14H2,1-2H3,(H2,18,19,20);1H. The third-order valence-electron chi connectivity index (χ3n) is 4.81. The highest BCUT2D eigenvalue weighted by Gasteiger charge is 2.20. The fourth-order valence-corrected chi connectivity index (χ4v) is 3.42. The van der Waals surface area contributed by atoms with Crippen LogP contribution in [0.1, 0.15) is 45.4 Å². The topological polar surface area (TPSA) is 60.0 Å². The Kier molecular flexibility index (Phi) is 10.6. The number of aliphatic imine (C=N–C) groups is 1. The molecule has 24 heavy (non-hydrogen) atoms. The van der Waals surface area contributed by atoms with Crippen LogP contribution in [0, 0.1) is 0 Å². The van der Waals surface area contributed by atoms with Crippen molar-refractivity contribution in [2.45, 2.75) is 51.5 Å². The van der Waals surface area contributed by atoms with Gasteiger partial charge in [-0.3, -0.25) is 9.79 Å². The number of rotatable bonds is 5. The Hall–Kier alpha value is -0.570. The molecule has 0 aromatic carbocycles. The molecule has 0 bridgehead atoms. The number of carbonyl (C=O) groups excluding carboxylic acids is 1. The van der Waals surface area contributed by atoms with Crippen LogP contribution < -0.4 is 10.6 Å². The number of halogens is 1. The number of hydrogen-bond donors (Lipinski definition) is 2. The van der Waals surface area contributed by atoms with Gasteiger partial charge in [-0.05, 0) is 45.1 Å². The molecular weight excluding hydrogens is 417 g/mol. The van der Waals surface area contributed by atoms with Crippen molar-refractivity contribution in [1.82, 2.24) is 20.4 Å².